The van der Waals surface area contributed by atoms with Crippen LogP contribution >= 0.6 is 0 Å². The Bertz CT molecular complexity index is 323. The molecule has 0 bridgehead atoms. The van der Waals surface area contributed by atoms with E-state index in [0.29, 0.717) is 0 Å². The molecule has 0 radical (unpaired) electrons. The van der Waals surface area contributed by atoms with Gasteiger partial charge in [-0.05, 0) is 0 Å². The van der Waals surface area contributed by atoms with Crippen LogP contribution in [-0.4, -0.2) is 47.2 Å². The highest BCUT2D eigenvalue weighted by molar-refractivity contribution is 5.02. The quantitative estimate of drug-likeness (QED) is 0.803. The van der Waals surface area contributed by atoms with Gasteiger partial charge in [0.25, 0.3) is 0 Å². The summed E-state index contributed by atoms with van der Waals surface area (Å²) in [4.78, 5) is 2.42. The van der Waals surface area contributed by atoms with E-state index in [4.69, 9.17) is 9.47 Å². The van der Waals surface area contributed by atoms with Gasteiger partial charge in [-0.25, -0.2) is 0 Å². The second-order valence-corrected chi connectivity index (χ2v) is 4.49. The van der Waals surface area contributed by atoms with Gasteiger partial charge in [-0.15, -0.1) is 0 Å². The van der Waals surface area contributed by atoms with Crippen LogP contribution in [0.2, 0.25) is 0 Å². The summed E-state index contributed by atoms with van der Waals surface area (Å²) in [5.74, 6) is -0.257. The maximum absolute atomic E-state index is 5.70. The summed E-state index contributed by atoms with van der Waals surface area (Å²) in [5, 5.41) is 6.80. The van der Waals surface area contributed by atoms with E-state index in [2.05, 4.69) is 15.1 Å². The average molecular weight is 223 g/mol. The number of hydrogen-bond acceptors (Lipinski definition) is 4. The Morgan fingerprint density at radius 1 is 1.31 bits per heavy atom. The predicted molar refractivity (Wildman–Crippen MR) is 57.7 cm³/mol. The van der Waals surface area contributed by atoms with Crippen molar-refractivity contribution in [2.75, 3.05) is 26.3 Å². The number of nitrogens with one attached hydrogen (secondary N) is 1. The molecule has 1 aromatic rings. The van der Waals surface area contributed by atoms with Crippen LogP contribution < -0.4 is 0 Å². The van der Waals surface area contributed by atoms with Crippen molar-refractivity contribution in [3.8, 4) is 0 Å². The van der Waals surface area contributed by atoms with Crippen molar-refractivity contribution < 1.29 is 9.47 Å². The molecule has 0 unspecified atom stereocenters. The molecule has 0 amide bonds. The normalized spacial score (nSPS) is 25.2. The molecule has 5 nitrogen and oxygen atoms in total. The molecule has 2 aliphatic rings. The minimum atomic E-state index is -0.257. The summed E-state index contributed by atoms with van der Waals surface area (Å²) in [6, 6.07) is 0. The van der Waals surface area contributed by atoms with Crippen molar-refractivity contribution in [3.05, 3.63) is 18.0 Å². The number of H-pyrrole nitrogens is 1. The van der Waals surface area contributed by atoms with Crippen LogP contribution in [0.25, 0.3) is 0 Å². The molecule has 16 heavy (non-hydrogen) atoms. The van der Waals surface area contributed by atoms with Crippen molar-refractivity contribution in [1.29, 1.82) is 0 Å². The van der Waals surface area contributed by atoms with Gasteiger partial charge in [0.15, 0.2) is 5.79 Å². The molecule has 0 aromatic carbocycles. The van der Waals surface area contributed by atoms with Crippen molar-refractivity contribution in [3.63, 3.8) is 0 Å². The largest absolute Gasteiger partial charge is 0.347 e. The van der Waals surface area contributed by atoms with Gasteiger partial charge < -0.3 is 9.47 Å². The standard InChI is InChI=1S/C11H17N3O2/c1-3-14(9-10-7-12-13-8-10)4-2-11(1)15-5-6-16-11/h7-8H,1-6,9H2,(H,12,13). The first kappa shape index (κ1) is 10.3. The van der Waals surface area contributed by atoms with E-state index in [0.717, 1.165) is 45.7 Å². The van der Waals surface area contributed by atoms with Crippen LogP contribution in [0.15, 0.2) is 12.4 Å². The van der Waals surface area contributed by atoms with Crippen molar-refractivity contribution in [2.24, 2.45) is 0 Å². The molecule has 0 saturated carbocycles. The fourth-order valence-electron chi connectivity index (χ4n) is 2.46. The third kappa shape index (κ3) is 1.98. The van der Waals surface area contributed by atoms with Gasteiger partial charge in [0, 0.05) is 44.2 Å². The minimum Gasteiger partial charge on any atom is -0.347 e. The number of piperidine rings is 1. The zero-order valence-electron chi connectivity index (χ0n) is 9.32. The highest BCUT2D eigenvalue weighted by atomic mass is 16.7. The molecule has 2 saturated heterocycles. The topological polar surface area (TPSA) is 50.4 Å². The summed E-state index contributed by atoms with van der Waals surface area (Å²) in [6.07, 6.45) is 5.79. The fourth-order valence-corrected chi connectivity index (χ4v) is 2.46. The highest BCUT2D eigenvalue weighted by Gasteiger charge is 2.39. The number of rotatable bonds is 2. The Hall–Kier alpha value is -0.910. The van der Waals surface area contributed by atoms with Crippen LogP contribution in [-0.2, 0) is 16.0 Å². The van der Waals surface area contributed by atoms with Gasteiger partial charge in [0.1, 0.15) is 0 Å². The Labute approximate surface area is 94.7 Å². The summed E-state index contributed by atoms with van der Waals surface area (Å²) >= 11 is 0. The Morgan fingerprint density at radius 2 is 2.06 bits per heavy atom. The molecule has 1 spiro atoms. The maximum atomic E-state index is 5.70. The van der Waals surface area contributed by atoms with Gasteiger partial charge in [-0.3, -0.25) is 10.00 Å². The predicted octanol–water partition coefficient (Wildman–Crippen LogP) is 0.749. The fraction of sp³-hybridized carbons (Fsp3) is 0.727. The van der Waals surface area contributed by atoms with Crippen LogP contribution in [0, 0.1) is 0 Å². The summed E-state index contributed by atoms with van der Waals surface area (Å²) in [7, 11) is 0. The van der Waals surface area contributed by atoms with Gasteiger partial charge in [-0.1, -0.05) is 0 Å². The molecule has 5 heteroatoms. The number of nitrogens with zero attached hydrogens (tertiary/aromatic N) is 2. The Balaban J connectivity index is 1.54. The second-order valence-electron chi connectivity index (χ2n) is 4.49. The number of aromatic amines is 1. The van der Waals surface area contributed by atoms with Crippen molar-refractivity contribution >= 4 is 0 Å². The molecule has 3 heterocycles. The smallest absolute Gasteiger partial charge is 0.170 e. The van der Waals surface area contributed by atoms with Crippen molar-refractivity contribution in [2.45, 2.75) is 25.2 Å². The van der Waals surface area contributed by atoms with Gasteiger partial charge in [-0.2, -0.15) is 5.10 Å². The molecule has 88 valence electrons. The van der Waals surface area contributed by atoms with Crippen molar-refractivity contribution in [1.82, 2.24) is 15.1 Å². The zero-order valence-corrected chi connectivity index (χ0v) is 9.32. The molecule has 0 atom stereocenters. The third-order valence-corrected chi connectivity index (χ3v) is 3.39. The lowest BCUT2D eigenvalue weighted by atomic mass is 10.0. The van der Waals surface area contributed by atoms with E-state index in [-0.39, 0.29) is 5.79 Å². The monoisotopic (exact) mass is 223 g/mol. The molecule has 1 N–H and O–H groups in total. The highest BCUT2D eigenvalue weighted by Crippen LogP contribution is 2.31. The second kappa shape index (κ2) is 4.16. The van der Waals surface area contributed by atoms with Crippen LogP contribution in [0.5, 0.6) is 0 Å². The van der Waals surface area contributed by atoms with Crippen LogP contribution in [0.3, 0.4) is 0 Å². The number of hydrogen-bond donors (Lipinski definition) is 1. The third-order valence-electron chi connectivity index (χ3n) is 3.39. The average Bonchev–Trinajstić information content (AvgIpc) is 2.94. The van der Waals surface area contributed by atoms with E-state index in [9.17, 15) is 0 Å². The molecule has 3 rings (SSSR count). The Morgan fingerprint density at radius 3 is 2.69 bits per heavy atom. The lowest BCUT2D eigenvalue weighted by Crippen LogP contribution is -2.44. The Kier molecular flexibility index (Phi) is 2.67. The first-order valence-corrected chi connectivity index (χ1v) is 5.84. The number of ether oxygens (including phenoxy) is 2. The lowest BCUT2D eigenvalue weighted by Gasteiger charge is -2.37. The first-order valence-electron chi connectivity index (χ1n) is 5.84. The summed E-state index contributed by atoms with van der Waals surface area (Å²) in [6.45, 7) is 4.53. The molecule has 2 aliphatic heterocycles. The molecule has 1 aromatic heterocycles. The van der Waals surface area contributed by atoms with Gasteiger partial charge >= 0.3 is 0 Å². The molecule has 2 fully saturated rings. The summed E-state index contributed by atoms with van der Waals surface area (Å²) < 4.78 is 11.4. The van der Waals surface area contributed by atoms with Crippen LogP contribution in [0.4, 0.5) is 0 Å². The lowest BCUT2D eigenvalue weighted by molar-refractivity contribution is -0.185. The minimum absolute atomic E-state index is 0.257. The van der Waals surface area contributed by atoms with Gasteiger partial charge in [0.05, 0.1) is 19.4 Å². The maximum Gasteiger partial charge on any atom is 0.170 e. The zero-order chi connectivity index (χ0) is 10.8. The molecular weight excluding hydrogens is 206 g/mol. The first-order chi connectivity index (χ1) is 7.86. The van der Waals surface area contributed by atoms with Crippen LogP contribution in [0.1, 0.15) is 18.4 Å². The SMILES string of the molecule is c1n[nH]cc1CN1CCC2(CC1)OCCO2. The van der Waals surface area contributed by atoms with Gasteiger partial charge in [0.2, 0.25) is 0 Å². The number of likely N-dealkylation sites (tertiary alicyclic amines) is 1. The molecule has 0 aliphatic carbocycles. The van der Waals surface area contributed by atoms with E-state index in [1.54, 1.807) is 0 Å². The van der Waals surface area contributed by atoms with E-state index in [1.165, 1.54) is 5.56 Å². The summed E-state index contributed by atoms with van der Waals surface area (Å²) in [5.41, 5.74) is 1.24. The van der Waals surface area contributed by atoms with E-state index < -0.39 is 0 Å². The molecular formula is C11H17N3O2. The van der Waals surface area contributed by atoms with E-state index >= 15 is 0 Å². The van der Waals surface area contributed by atoms with E-state index in [1.807, 2.05) is 12.4 Å². The number of aromatic nitrogens is 2.